The zero-order valence-electron chi connectivity index (χ0n) is 11.2. The van der Waals surface area contributed by atoms with Crippen LogP contribution in [0.3, 0.4) is 0 Å². The van der Waals surface area contributed by atoms with Crippen LogP contribution < -0.4 is 10.0 Å². The van der Waals surface area contributed by atoms with E-state index in [9.17, 15) is 8.42 Å². The Morgan fingerprint density at radius 1 is 1.47 bits per heavy atom. The second-order valence-corrected chi connectivity index (χ2v) is 7.42. The van der Waals surface area contributed by atoms with Gasteiger partial charge in [-0.05, 0) is 32.4 Å². The summed E-state index contributed by atoms with van der Waals surface area (Å²) in [5, 5.41) is 4.70. The average molecular weight is 304 g/mol. The van der Waals surface area contributed by atoms with Gasteiger partial charge in [0.1, 0.15) is 0 Å². The van der Waals surface area contributed by atoms with Crippen LogP contribution in [0, 0.1) is 0 Å². The van der Waals surface area contributed by atoms with Crippen molar-refractivity contribution in [3.63, 3.8) is 0 Å². The molecule has 1 saturated carbocycles. The zero-order valence-corrected chi connectivity index (χ0v) is 12.8. The molecule has 1 aliphatic carbocycles. The average Bonchev–Trinajstić information content (AvgIpc) is 2.98. The van der Waals surface area contributed by atoms with Crippen molar-refractivity contribution in [1.29, 1.82) is 0 Å². The first-order valence-electron chi connectivity index (χ1n) is 6.34. The molecule has 1 heterocycles. The highest BCUT2D eigenvalue weighted by molar-refractivity contribution is 7.89. The Kier molecular flexibility index (Phi) is 4.97. The van der Waals surface area contributed by atoms with Crippen molar-refractivity contribution in [3.05, 3.63) is 16.3 Å². The van der Waals surface area contributed by atoms with Crippen LogP contribution in [0.25, 0.3) is 0 Å². The van der Waals surface area contributed by atoms with Gasteiger partial charge < -0.3 is 10.1 Å². The molecule has 0 aliphatic heterocycles. The normalized spacial score (nSPS) is 23.9. The van der Waals surface area contributed by atoms with Crippen LogP contribution >= 0.6 is 11.3 Å². The van der Waals surface area contributed by atoms with Gasteiger partial charge in [-0.3, -0.25) is 0 Å². The minimum absolute atomic E-state index is 0.00908. The first-order chi connectivity index (χ1) is 9.06. The molecular formula is C12H20N2O3S2. The standard InChI is InChI=1S/C12H20N2O3S2/c1-13-7-9-6-10(8-18-9)19(15,16)14-11-4-3-5-12(11)17-2/h6,8,11-14H,3-5,7H2,1-2H3. The Morgan fingerprint density at radius 3 is 2.95 bits per heavy atom. The highest BCUT2D eigenvalue weighted by Gasteiger charge is 2.31. The lowest BCUT2D eigenvalue weighted by Crippen LogP contribution is -2.40. The number of thiophene rings is 1. The molecule has 5 nitrogen and oxygen atoms in total. The van der Waals surface area contributed by atoms with Crippen LogP contribution in [0.1, 0.15) is 24.1 Å². The van der Waals surface area contributed by atoms with Crippen molar-refractivity contribution in [2.75, 3.05) is 14.2 Å². The molecular weight excluding hydrogens is 284 g/mol. The van der Waals surface area contributed by atoms with Gasteiger partial charge in [0.15, 0.2) is 0 Å². The number of hydrogen-bond donors (Lipinski definition) is 2. The minimum atomic E-state index is -3.43. The molecule has 0 amide bonds. The van der Waals surface area contributed by atoms with E-state index in [-0.39, 0.29) is 12.1 Å². The monoisotopic (exact) mass is 304 g/mol. The molecule has 0 aromatic carbocycles. The lowest BCUT2D eigenvalue weighted by molar-refractivity contribution is 0.0916. The van der Waals surface area contributed by atoms with Gasteiger partial charge in [0, 0.05) is 30.0 Å². The van der Waals surface area contributed by atoms with E-state index in [1.807, 2.05) is 7.05 Å². The van der Waals surface area contributed by atoms with E-state index in [4.69, 9.17) is 4.74 Å². The Bertz CT molecular complexity index is 513. The van der Waals surface area contributed by atoms with Crippen molar-refractivity contribution in [1.82, 2.24) is 10.0 Å². The lowest BCUT2D eigenvalue weighted by Gasteiger charge is -2.19. The van der Waals surface area contributed by atoms with Gasteiger partial charge in [-0.2, -0.15) is 0 Å². The molecule has 19 heavy (non-hydrogen) atoms. The van der Waals surface area contributed by atoms with Crippen molar-refractivity contribution < 1.29 is 13.2 Å². The third kappa shape index (κ3) is 3.55. The number of rotatable bonds is 6. The Labute approximate surface area is 118 Å². The topological polar surface area (TPSA) is 67.4 Å². The van der Waals surface area contributed by atoms with Gasteiger partial charge in [0.2, 0.25) is 10.0 Å². The number of ether oxygens (including phenoxy) is 1. The summed E-state index contributed by atoms with van der Waals surface area (Å²) >= 11 is 1.45. The van der Waals surface area contributed by atoms with E-state index in [1.54, 1.807) is 18.6 Å². The SMILES string of the molecule is CNCc1cc(S(=O)(=O)NC2CCCC2OC)cs1. The third-order valence-electron chi connectivity index (χ3n) is 3.35. The fourth-order valence-electron chi connectivity index (χ4n) is 2.38. The van der Waals surface area contributed by atoms with Crippen molar-refractivity contribution in [3.8, 4) is 0 Å². The summed E-state index contributed by atoms with van der Waals surface area (Å²) in [5.74, 6) is 0. The molecule has 1 aromatic rings. The van der Waals surface area contributed by atoms with E-state index in [0.717, 1.165) is 24.1 Å². The van der Waals surface area contributed by atoms with E-state index in [0.29, 0.717) is 11.4 Å². The molecule has 1 aromatic heterocycles. The molecule has 1 aliphatic rings. The van der Waals surface area contributed by atoms with Gasteiger partial charge in [-0.25, -0.2) is 13.1 Å². The van der Waals surface area contributed by atoms with E-state index in [1.165, 1.54) is 11.3 Å². The van der Waals surface area contributed by atoms with E-state index < -0.39 is 10.0 Å². The smallest absolute Gasteiger partial charge is 0.241 e. The summed E-state index contributed by atoms with van der Waals surface area (Å²) in [6, 6.07) is 1.61. The molecule has 2 rings (SSSR count). The van der Waals surface area contributed by atoms with Crippen molar-refractivity contribution >= 4 is 21.4 Å². The highest BCUT2D eigenvalue weighted by atomic mass is 32.2. The summed E-state index contributed by atoms with van der Waals surface area (Å²) in [6.07, 6.45) is 2.74. The highest BCUT2D eigenvalue weighted by Crippen LogP contribution is 2.25. The molecule has 2 atom stereocenters. The maximum atomic E-state index is 12.3. The molecule has 0 bridgehead atoms. The lowest BCUT2D eigenvalue weighted by atomic mass is 10.2. The number of methoxy groups -OCH3 is 1. The Morgan fingerprint density at radius 2 is 2.26 bits per heavy atom. The number of sulfonamides is 1. The van der Waals surface area contributed by atoms with Crippen LogP contribution in [0.15, 0.2) is 16.3 Å². The van der Waals surface area contributed by atoms with Gasteiger partial charge in [-0.15, -0.1) is 11.3 Å². The zero-order chi connectivity index (χ0) is 13.9. The van der Waals surface area contributed by atoms with Gasteiger partial charge in [-0.1, -0.05) is 0 Å². The van der Waals surface area contributed by atoms with Crippen molar-refractivity contribution in [2.24, 2.45) is 0 Å². The summed E-state index contributed by atoms with van der Waals surface area (Å²) in [7, 11) is 0.0414. The molecule has 0 radical (unpaired) electrons. The first-order valence-corrected chi connectivity index (χ1v) is 8.70. The third-order valence-corrected chi connectivity index (χ3v) is 5.91. The molecule has 1 fully saturated rings. The quantitative estimate of drug-likeness (QED) is 0.831. The Balaban J connectivity index is 2.08. The maximum absolute atomic E-state index is 12.3. The molecule has 2 N–H and O–H groups in total. The summed E-state index contributed by atoms with van der Waals surface area (Å²) in [6.45, 7) is 0.685. The first kappa shape index (κ1) is 14.9. The van der Waals surface area contributed by atoms with Crippen LogP contribution in [0.4, 0.5) is 0 Å². The molecule has 0 spiro atoms. The fourth-order valence-corrected chi connectivity index (χ4v) is 4.96. The van der Waals surface area contributed by atoms with Crippen LogP contribution in [-0.4, -0.2) is 34.7 Å². The summed E-state index contributed by atoms with van der Waals surface area (Å²) < 4.78 is 32.7. The predicted octanol–water partition coefficient (Wildman–Crippen LogP) is 1.31. The van der Waals surface area contributed by atoms with E-state index in [2.05, 4.69) is 10.0 Å². The number of nitrogens with one attached hydrogen (secondary N) is 2. The maximum Gasteiger partial charge on any atom is 0.241 e. The van der Waals surface area contributed by atoms with Crippen molar-refractivity contribution in [2.45, 2.75) is 42.8 Å². The minimum Gasteiger partial charge on any atom is -0.380 e. The van der Waals surface area contributed by atoms with Gasteiger partial charge in [0.25, 0.3) is 0 Å². The second kappa shape index (κ2) is 6.32. The largest absolute Gasteiger partial charge is 0.380 e. The molecule has 7 heteroatoms. The predicted molar refractivity (Wildman–Crippen MR) is 75.8 cm³/mol. The van der Waals surface area contributed by atoms with Gasteiger partial charge in [0.05, 0.1) is 11.0 Å². The van der Waals surface area contributed by atoms with E-state index >= 15 is 0 Å². The van der Waals surface area contributed by atoms with Crippen LogP contribution in [0.2, 0.25) is 0 Å². The fraction of sp³-hybridized carbons (Fsp3) is 0.667. The molecule has 0 saturated heterocycles. The number of hydrogen-bond acceptors (Lipinski definition) is 5. The van der Waals surface area contributed by atoms with Gasteiger partial charge >= 0.3 is 0 Å². The van der Waals surface area contributed by atoms with Crippen LogP contribution in [-0.2, 0) is 21.3 Å². The summed E-state index contributed by atoms with van der Waals surface area (Å²) in [4.78, 5) is 1.36. The second-order valence-electron chi connectivity index (χ2n) is 4.71. The van der Waals surface area contributed by atoms with Crippen LogP contribution in [0.5, 0.6) is 0 Å². The Hall–Kier alpha value is -0.470. The summed E-state index contributed by atoms with van der Waals surface area (Å²) in [5.41, 5.74) is 0. The molecule has 108 valence electrons. The molecule has 2 unspecified atom stereocenters.